The highest BCUT2D eigenvalue weighted by Gasteiger charge is 2.29. The molecule has 1 N–H and O–H groups in total. The van der Waals surface area contributed by atoms with Gasteiger partial charge in [0, 0.05) is 16.8 Å². The summed E-state index contributed by atoms with van der Waals surface area (Å²) in [6.07, 6.45) is 2.59. The second-order valence-corrected chi connectivity index (χ2v) is 6.14. The normalized spacial score (nSPS) is 18.5. The van der Waals surface area contributed by atoms with E-state index in [0.717, 1.165) is 23.4 Å². The Morgan fingerprint density at radius 3 is 2.83 bits per heavy atom. The third-order valence-corrected chi connectivity index (χ3v) is 4.36. The van der Waals surface area contributed by atoms with Crippen LogP contribution >= 0.6 is 11.6 Å². The van der Waals surface area contributed by atoms with E-state index in [2.05, 4.69) is 17.2 Å². The Morgan fingerprint density at radius 1 is 1.30 bits per heavy atom. The summed E-state index contributed by atoms with van der Waals surface area (Å²) in [5.41, 5.74) is 2.96. The summed E-state index contributed by atoms with van der Waals surface area (Å²) in [7, 11) is 0. The number of rotatable bonds is 3. The van der Waals surface area contributed by atoms with E-state index in [-0.39, 0.29) is 11.8 Å². The fourth-order valence-corrected chi connectivity index (χ4v) is 2.78. The molecule has 4 nitrogen and oxygen atoms in total. The number of fused-ring (bicyclic) bond motifs is 1. The van der Waals surface area contributed by atoms with E-state index < -0.39 is 6.04 Å². The number of pyridine rings is 1. The zero-order chi connectivity index (χ0) is 16.4. The zero-order valence-corrected chi connectivity index (χ0v) is 13.8. The van der Waals surface area contributed by atoms with Crippen molar-refractivity contribution in [2.75, 3.05) is 5.32 Å². The summed E-state index contributed by atoms with van der Waals surface area (Å²) in [5.74, 6) is 0.0485. The molecule has 0 saturated heterocycles. The maximum atomic E-state index is 12.6. The third kappa shape index (κ3) is 3.13. The molecule has 0 saturated carbocycles. The molecule has 5 heteroatoms. The van der Waals surface area contributed by atoms with E-state index in [4.69, 9.17) is 16.6 Å². The van der Waals surface area contributed by atoms with Gasteiger partial charge < -0.3 is 5.32 Å². The summed E-state index contributed by atoms with van der Waals surface area (Å²) in [6, 6.07) is 10.6. The van der Waals surface area contributed by atoms with Crippen LogP contribution in [0, 0.1) is 5.92 Å². The van der Waals surface area contributed by atoms with Crippen molar-refractivity contribution in [2.45, 2.75) is 26.3 Å². The van der Waals surface area contributed by atoms with Crippen LogP contribution in [0.4, 0.5) is 5.69 Å². The van der Waals surface area contributed by atoms with Crippen LogP contribution in [0.3, 0.4) is 0 Å². The highest BCUT2D eigenvalue weighted by Crippen LogP contribution is 2.28. The van der Waals surface area contributed by atoms with Gasteiger partial charge in [-0.05, 0) is 36.2 Å². The fourth-order valence-electron chi connectivity index (χ4n) is 2.61. The Kier molecular flexibility index (Phi) is 4.44. The van der Waals surface area contributed by atoms with Gasteiger partial charge in [0.1, 0.15) is 6.04 Å². The van der Waals surface area contributed by atoms with E-state index >= 15 is 0 Å². The molecule has 1 aliphatic heterocycles. The largest absolute Gasteiger partial charge is 0.324 e. The first-order valence-electron chi connectivity index (χ1n) is 7.70. The number of amides is 1. The lowest BCUT2D eigenvalue weighted by Gasteiger charge is -2.16. The summed E-state index contributed by atoms with van der Waals surface area (Å²) in [5, 5.41) is 3.58. The minimum absolute atomic E-state index is 0.0890. The molecular weight excluding hydrogens is 310 g/mol. The number of hydrogen-bond donors (Lipinski definition) is 1. The van der Waals surface area contributed by atoms with Gasteiger partial charge in [-0.3, -0.25) is 14.8 Å². The number of benzodiazepines with no additional fused rings is 1. The van der Waals surface area contributed by atoms with Crippen molar-refractivity contribution < 1.29 is 4.79 Å². The molecule has 0 bridgehead atoms. The number of carbonyl (C=O) groups excluding carboxylic acids is 1. The van der Waals surface area contributed by atoms with E-state index in [0.29, 0.717) is 10.7 Å². The average Bonchev–Trinajstić information content (AvgIpc) is 2.71. The smallest absolute Gasteiger partial charge is 0.249 e. The molecule has 0 fully saturated rings. The van der Waals surface area contributed by atoms with Gasteiger partial charge in [0.15, 0.2) is 0 Å². The zero-order valence-electron chi connectivity index (χ0n) is 13.1. The molecular formula is C18H18ClN3O. The number of benzene rings is 1. The summed E-state index contributed by atoms with van der Waals surface area (Å²) >= 11 is 6.16. The standard InChI is InChI=1S/C18H18ClN3O/c1-3-11(2)16-18(23)21-14-8-7-12(19)10-13(14)17(22-16)15-6-4-5-9-20-15/h4-11,16H,3H2,1-2H3,(H,21,23)/t11-,16?/m0/s1. The second kappa shape index (κ2) is 6.50. The predicted molar refractivity (Wildman–Crippen MR) is 93.2 cm³/mol. The number of anilines is 1. The quantitative estimate of drug-likeness (QED) is 0.928. The van der Waals surface area contributed by atoms with Crippen molar-refractivity contribution >= 4 is 28.9 Å². The first kappa shape index (κ1) is 15.7. The van der Waals surface area contributed by atoms with Gasteiger partial charge in [0.2, 0.25) is 5.91 Å². The van der Waals surface area contributed by atoms with Gasteiger partial charge in [0.25, 0.3) is 0 Å². The summed E-state index contributed by atoms with van der Waals surface area (Å²) < 4.78 is 0. The van der Waals surface area contributed by atoms with Gasteiger partial charge in [-0.1, -0.05) is 37.9 Å². The molecule has 2 atom stereocenters. The first-order chi connectivity index (χ1) is 11.1. The lowest BCUT2D eigenvalue weighted by molar-refractivity contribution is -0.118. The molecule has 1 aliphatic rings. The van der Waals surface area contributed by atoms with Gasteiger partial charge in [0.05, 0.1) is 17.1 Å². The topological polar surface area (TPSA) is 54.4 Å². The van der Waals surface area contributed by atoms with E-state index in [1.54, 1.807) is 12.3 Å². The average molecular weight is 328 g/mol. The van der Waals surface area contributed by atoms with E-state index in [9.17, 15) is 4.79 Å². The lowest BCUT2D eigenvalue weighted by atomic mass is 9.99. The molecule has 0 spiro atoms. The SMILES string of the molecule is CC[C@H](C)C1N=C(c2ccccn2)c2cc(Cl)ccc2NC1=O. The Labute approximate surface area is 140 Å². The molecule has 23 heavy (non-hydrogen) atoms. The van der Waals surface area contributed by atoms with Crippen molar-refractivity contribution in [3.8, 4) is 0 Å². The van der Waals surface area contributed by atoms with Crippen molar-refractivity contribution in [1.29, 1.82) is 0 Å². The fraction of sp³-hybridized carbons (Fsp3) is 0.278. The number of carbonyl (C=O) groups is 1. The molecule has 1 amide bonds. The minimum Gasteiger partial charge on any atom is -0.324 e. The molecule has 1 unspecified atom stereocenters. The van der Waals surface area contributed by atoms with Crippen LogP contribution in [0.25, 0.3) is 0 Å². The Morgan fingerprint density at radius 2 is 2.13 bits per heavy atom. The van der Waals surface area contributed by atoms with Crippen LogP contribution < -0.4 is 5.32 Å². The maximum absolute atomic E-state index is 12.6. The Bertz CT molecular complexity index is 758. The van der Waals surface area contributed by atoms with Crippen molar-refractivity contribution in [1.82, 2.24) is 4.98 Å². The minimum atomic E-state index is -0.441. The number of nitrogens with one attached hydrogen (secondary N) is 1. The molecule has 3 rings (SSSR count). The highest BCUT2D eigenvalue weighted by atomic mass is 35.5. The highest BCUT2D eigenvalue weighted by molar-refractivity contribution is 6.31. The molecule has 1 aromatic heterocycles. The molecule has 1 aromatic carbocycles. The molecule has 0 aliphatic carbocycles. The first-order valence-corrected chi connectivity index (χ1v) is 8.08. The predicted octanol–water partition coefficient (Wildman–Crippen LogP) is 3.94. The van der Waals surface area contributed by atoms with Crippen molar-refractivity contribution in [3.05, 3.63) is 58.9 Å². The summed E-state index contributed by atoms with van der Waals surface area (Å²) in [6.45, 7) is 4.09. The van der Waals surface area contributed by atoms with Crippen LogP contribution in [0.1, 0.15) is 31.5 Å². The van der Waals surface area contributed by atoms with Crippen LogP contribution in [-0.2, 0) is 4.79 Å². The van der Waals surface area contributed by atoms with E-state index in [1.165, 1.54) is 0 Å². The lowest BCUT2D eigenvalue weighted by Crippen LogP contribution is -2.31. The molecule has 2 heterocycles. The molecule has 2 aromatic rings. The van der Waals surface area contributed by atoms with Crippen LogP contribution in [0.2, 0.25) is 5.02 Å². The van der Waals surface area contributed by atoms with Crippen LogP contribution in [0.15, 0.2) is 47.6 Å². The Balaban J connectivity index is 2.21. The number of hydrogen-bond acceptors (Lipinski definition) is 3. The second-order valence-electron chi connectivity index (χ2n) is 5.70. The van der Waals surface area contributed by atoms with Gasteiger partial charge in [-0.25, -0.2) is 0 Å². The third-order valence-electron chi connectivity index (χ3n) is 4.12. The van der Waals surface area contributed by atoms with Gasteiger partial charge >= 0.3 is 0 Å². The van der Waals surface area contributed by atoms with Crippen LogP contribution in [-0.4, -0.2) is 22.6 Å². The maximum Gasteiger partial charge on any atom is 0.249 e. The van der Waals surface area contributed by atoms with Gasteiger partial charge in [-0.15, -0.1) is 0 Å². The van der Waals surface area contributed by atoms with Crippen molar-refractivity contribution in [2.24, 2.45) is 10.9 Å². The number of halogens is 1. The number of nitrogens with zero attached hydrogens (tertiary/aromatic N) is 2. The van der Waals surface area contributed by atoms with E-state index in [1.807, 2.05) is 37.3 Å². The number of aromatic nitrogens is 1. The Hall–Kier alpha value is -2.20. The monoisotopic (exact) mass is 327 g/mol. The van der Waals surface area contributed by atoms with Crippen LogP contribution in [0.5, 0.6) is 0 Å². The number of aliphatic imine (C=N–C) groups is 1. The summed E-state index contributed by atoms with van der Waals surface area (Å²) in [4.78, 5) is 21.7. The van der Waals surface area contributed by atoms with Gasteiger partial charge in [-0.2, -0.15) is 0 Å². The molecule has 0 radical (unpaired) electrons. The molecule has 118 valence electrons. The van der Waals surface area contributed by atoms with Crippen molar-refractivity contribution in [3.63, 3.8) is 0 Å².